The summed E-state index contributed by atoms with van der Waals surface area (Å²) in [6, 6.07) is 8.41. The van der Waals surface area contributed by atoms with E-state index in [1.807, 2.05) is 17.8 Å². The Morgan fingerprint density at radius 2 is 1.92 bits per heavy atom. The number of hydrogen-bond donors (Lipinski definition) is 1. The fourth-order valence-corrected chi connectivity index (χ4v) is 2.54. The topological polar surface area (TPSA) is 26.0 Å². The van der Waals surface area contributed by atoms with Crippen LogP contribution in [0.5, 0.6) is 0 Å². The monoisotopic (exact) mass is 286 g/mol. The molecule has 0 fully saturated rings. The number of thioether (sulfide) groups is 1. The Hall–Kier alpha value is 0.329. The molecule has 1 aromatic rings. The van der Waals surface area contributed by atoms with Crippen molar-refractivity contribution >= 4 is 34.3 Å². The summed E-state index contributed by atoms with van der Waals surface area (Å²) in [6.45, 7) is 0.661. The molecule has 63 valence electrons. The molecule has 12 heavy (non-hydrogen) atoms. The average Bonchev–Trinajstić information content (AvgIpc) is 2.15. The Bertz CT molecular complexity index is 240. The molecule has 0 amide bonds. The molecule has 3 heteroatoms. The van der Waals surface area contributed by atoms with Crippen molar-refractivity contribution in [1.82, 2.24) is 0 Å². The van der Waals surface area contributed by atoms with Crippen LogP contribution in [-0.4, -0.2) is 26.3 Å². The molecule has 0 aliphatic carbocycles. The van der Waals surface area contributed by atoms with Crippen LogP contribution in [0.1, 0.15) is 11.1 Å². The van der Waals surface area contributed by atoms with Gasteiger partial charge in [0.25, 0.3) is 0 Å². The van der Waals surface area contributed by atoms with Crippen molar-refractivity contribution in [1.29, 1.82) is 0 Å². The van der Waals surface area contributed by atoms with E-state index in [9.17, 15) is 0 Å². The second-order valence-electron chi connectivity index (χ2n) is 2.47. The molecule has 0 unspecified atom stereocenters. The van der Waals surface area contributed by atoms with Crippen LogP contribution >= 0.6 is 11.8 Å². The number of benzene rings is 1. The number of hydrogen-bond acceptors (Lipinski definition) is 2. The van der Waals surface area contributed by atoms with E-state index in [-0.39, 0.29) is 0 Å². The summed E-state index contributed by atoms with van der Waals surface area (Å²) in [4.78, 5) is 0. The van der Waals surface area contributed by atoms with Crippen LogP contribution in [-0.2, 0) is 12.3 Å². The van der Waals surface area contributed by atoms with Crippen molar-refractivity contribution in [2.75, 3.05) is 3.77 Å². The van der Waals surface area contributed by atoms with E-state index in [0.29, 0.717) is 6.54 Å². The van der Waals surface area contributed by atoms with Gasteiger partial charge in [0.1, 0.15) is 0 Å². The van der Waals surface area contributed by atoms with E-state index < -0.39 is 0 Å². The van der Waals surface area contributed by atoms with E-state index in [1.54, 1.807) is 22.5 Å². The number of nitrogens with two attached hydrogens (primary N) is 1. The Balaban J connectivity index is 2.68. The summed E-state index contributed by atoms with van der Waals surface area (Å²) in [5, 5.41) is 0. The first kappa shape index (κ1) is 10.4. The van der Waals surface area contributed by atoms with Gasteiger partial charge in [-0.15, -0.1) is 0 Å². The SMILES string of the molecule is NCc1ccccc1CS[CH2][Sn]. The summed E-state index contributed by atoms with van der Waals surface area (Å²) in [6.07, 6.45) is 0. The van der Waals surface area contributed by atoms with Gasteiger partial charge in [-0.3, -0.25) is 0 Å². The Morgan fingerprint density at radius 3 is 2.50 bits per heavy atom. The first-order chi connectivity index (χ1) is 5.88. The van der Waals surface area contributed by atoms with Crippen LogP contribution in [0.4, 0.5) is 0 Å². The maximum absolute atomic E-state index is 5.62. The summed E-state index contributed by atoms with van der Waals surface area (Å²) < 4.78 is 1.26. The van der Waals surface area contributed by atoms with Crippen LogP contribution in [0.3, 0.4) is 0 Å². The van der Waals surface area contributed by atoms with Gasteiger partial charge in [-0.2, -0.15) is 0 Å². The van der Waals surface area contributed by atoms with Crippen molar-refractivity contribution in [3.8, 4) is 0 Å². The first-order valence-corrected chi connectivity index (χ1v) is 7.05. The molecule has 2 N–H and O–H groups in total. The predicted octanol–water partition coefficient (Wildman–Crippen LogP) is 1.50. The minimum absolute atomic E-state index is 0.661. The Kier molecular flexibility index (Phi) is 5.11. The second kappa shape index (κ2) is 5.89. The van der Waals surface area contributed by atoms with E-state index >= 15 is 0 Å². The van der Waals surface area contributed by atoms with Gasteiger partial charge < -0.3 is 0 Å². The zero-order valence-electron chi connectivity index (χ0n) is 6.92. The Labute approximate surface area is 91.2 Å². The standard InChI is InChI=1S/C9H12NS.Sn/c1-11-7-9-5-3-2-4-8(9)6-10;/h2-5H,1,6-7,10H2;. The normalized spacial score (nSPS) is 10.2. The zero-order chi connectivity index (χ0) is 8.81. The molecule has 3 radical (unpaired) electrons. The summed E-state index contributed by atoms with van der Waals surface area (Å²) in [5.74, 6) is 1.11. The molecule has 0 spiro atoms. The molecule has 0 aliphatic rings. The molecule has 0 aliphatic heterocycles. The van der Waals surface area contributed by atoms with Crippen LogP contribution in [0.2, 0.25) is 0 Å². The first-order valence-electron chi connectivity index (χ1n) is 3.87. The second-order valence-corrected chi connectivity index (χ2v) is 5.92. The third-order valence-corrected chi connectivity index (χ3v) is 4.16. The van der Waals surface area contributed by atoms with Crippen molar-refractivity contribution in [2.45, 2.75) is 12.3 Å². The van der Waals surface area contributed by atoms with Crippen LogP contribution in [0.25, 0.3) is 0 Å². The third kappa shape index (κ3) is 2.99. The van der Waals surface area contributed by atoms with E-state index in [4.69, 9.17) is 5.73 Å². The maximum atomic E-state index is 5.62. The van der Waals surface area contributed by atoms with Crippen molar-refractivity contribution in [3.63, 3.8) is 0 Å². The van der Waals surface area contributed by atoms with E-state index in [2.05, 4.69) is 18.2 Å². The Morgan fingerprint density at radius 1 is 1.25 bits per heavy atom. The van der Waals surface area contributed by atoms with Crippen molar-refractivity contribution in [3.05, 3.63) is 35.4 Å². The van der Waals surface area contributed by atoms with Gasteiger partial charge in [-0.1, -0.05) is 0 Å². The van der Waals surface area contributed by atoms with Crippen LogP contribution < -0.4 is 5.73 Å². The van der Waals surface area contributed by atoms with Crippen LogP contribution in [0, 0.1) is 0 Å². The fraction of sp³-hybridized carbons (Fsp3) is 0.333. The minimum atomic E-state index is 0.661. The summed E-state index contributed by atoms with van der Waals surface area (Å²) in [5.41, 5.74) is 8.30. The van der Waals surface area contributed by atoms with Gasteiger partial charge in [0.05, 0.1) is 0 Å². The fourth-order valence-electron chi connectivity index (χ4n) is 1.06. The average molecular weight is 285 g/mol. The third-order valence-electron chi connectivity index (χ3n) is 1.70. The van der Waals surface area contributed by atoms with Gasteiger partial charge >= 0.3 is 91.5 Å². The summed E-state index contributed by atoms with van der Waals surface area (Å²) in [7, 11) is 0. The summed E-state index contributed by atoms with van der Waals surface area (Å²) >= 11 is 3.57. The molecule has 1 aromatic carbocycles. The molecular formula is C9H12NSSn. The molecule has 0 aromatic heterocycles. The van der Waals surface area contributed by atoms with Crippen molar-refractivity contribution < 1.29 is 0 Å². The zero-order valence-corrected chi connectivity index (χ0v) is 10.6. The van der Waals surface area contributed by atoms with Gasteiger partial charge in [-0.25, -0.2) is 0 Å². The van der Waals surface area contributed by atoms with E-state index in [0.717, 1.165) is 5.75 Å². The molecule has 1 nitrogen and oxygen atoms in total. The molecule has 0 atom stereocenters. The van der Waals surface area contributed by atoms with E-state index in [1.165, 1.54) is 14.9 Å². The molecule has 1 rings (SSSR count). The van der Waals surface area contributed by atoms with Gasteiger partial charge in [0.15, 0.2) is 0 Å². The molecule has 0 saturated carbocycles. The molecule has 0 saturated heterocycles. The number of rotatable bonds is 4. The predicted molar refractivity (Wildman–Crippen MR) is 56.2 cm³/mol. The van der Waals surface area contributed by atoms with Crippen LogP contribution in [0.15, 0.2) is 24.3 Å². The molecular weight excluding hydrogens is 273 g/mol. The molecule has 0 bridgehead atoms. The van der Waals surface area contributed by atoms with Crippen molar-refractivity contribution in [2.24, 2.45) is 5.73 Å². The quantitative estimate of drug-likeness (QED) is 0.848. The van der Waals surface area contributed by atoms with Gasteiger partial charge in [-0.05, 0) is 0 Å². The van der Waals surface area contributed by atoms with Gasteiger partial charge in [0.2, 0.25) is 0 Å². The van der Waals surface area contributed by atoms with Gasteiger partial charge in [0, 0.05) is 0 Å². The molecule has 0 heterocycles.